The quantitative estimate of drug-likeness (QED) is 0.597. The van der Waals surface area contributed by atoms with Crippen LogP contribution < -0.4 is 14.8 Å². The van der Waals surface area contributed by atoms with Crippen molar-refractivity contribution in [3.63, 3.8) is 0 Å². The van der Waals surface area contributed by atoms with Crippen LogP contribution in [-0.4, -0.2) is 23.5 Å². The Hall–Kier alpha value is -2.79. The predicted octanol–water partition coefficient (Wildman–Crippen LogP) is 5.06. The lowest BCUT2D eigenvalue weighted by Crippen LogP contribution is -2.25. The molecule has 1 heterocycles. The first-order valence-corrected chi connectivity index (χ1v) is 10.8. The Kier molecular flexibility index (Phi) is 6.09. The summed E-state index contributed by atoms with van der Waals surface area (Å²) in [5.41, 5.74) is 7.62. The lowest BCUT2D eigenvalue weighted by molar-refractivity contribution is 0.310. The summed E-state index contributed by atoms with van der Waals surface area (Å²) in [5, 5.41) is 8.52. The molecule has 1 aliphatic rings. The van der Waals surface area contributed by atoms with Gasteiger partial charge in [0.15, 0.2) is 11.5 Å². The zero-order valence-electron chi connectivity index (χ0n) is 18.4. The highest BCUT2D eigenvalue weighted by Gasteiger charge is 2.25. The first kappa shape index (κ1) is 20.5. The molecule has 2 aromatic carbocycles. The molecule has 158 valence electrons. The first-order valence-electron chi connectivity index (χ1n) is 10.8. The number of ether oxygens (including phenoxy) is 2. The van der Waals surface area contributed by atoms with E-state index < -0.39 is 0 Å². The zero-order valence-corrected chi connectivity index (χ0v) is 18.4. The van der Waals surface area contributed by atoms with Crippen molar-refractivity contribution in [2.45, 2.75) is 52.6 Å². The van der Waals surface area contributed by atoms with Crippen LogP contribution in [0.1, 0.15) is 53.8 Å². The third-order valence-electron chi connectivity index (χ3n) is 6.07. The average Bonchev–Trinajstić information content (AvgIpc) is 3.19. The topological polar surface area (TPSA) is 48.3 Å². The van der Waals surface area contributed by atoms with Crippen LogP contribution in [0.3, 0.4) is 0 Å². The fraction of sp³-hybridized carbons (Fsp3) is 0.400. The Bertz CT molecular complexity index is 1030. The standard InChI is InChI=1S/C25H31N3O2/c1-5-30-25-14-19(12-13-24(25)29-4)15-26-21-9-7-11-23-20(21)16-27-28(23)22-10-6-8-17(2)18(22)3/h6,8,10,12-14,16,21,26H,5,7,9,11,15H2,1-4H3. The Morgan fingerprint density at radius 1 is 1.17 bits per heavy atom. The number of nitrogens with one attached hydrogen (secondary N) is 1. The number of aryl methyl sites for hydroxylation is 1. The van der Waals surface area contributed by atoms with Crippen LogP contribution in [0.2, 0.25) is 0 Å². The van der Waals surface area contributed by atoms with E-state index in [0.717, 1.165) is 37.3 Å². The summed E-state index contributed by atoms with van der Waals surface area (Å²) in [4.78, 5) is 0. The molecule has 0 saturated heterocycles. The van der Waals surface area contributed by atoms with E-state index in [0.29, 0.717) is 12.6 Å². The van der Waals surface area contributed by atoms with Gasteiger partial charge in [0, 0.05) is 23.8 Å². The molecule has 1 atom stereocenters. The third kappa shape index (κ3) is 3.94. The van der Waals surface area contributed by atoms with E-state index in [1.54, 1.807) is 7.11 Å². The minimum atomic E-state index is 0.310. The predicted molar refractivity (Wildman–Crippen MR) is 120 cm³/mol. The van der Waals surface area contributed by atoms with Crippen molar-refractivity contribution in [2.75, 3.05) is 13.7 Å². The molecule has 0 radical (unpaired) electrons. The van der Waals surface area contributed by atoms with Crippen molar-refractivity contribution in [3.8, 4) is 17.2 Å². The molecule has 0 bridgehead atoms. The van der Waals surface area contributed by atoms with Crippen molar-refractivity contribution >= 4 is 0 Å². The maximum absolute atomic E-state index is 5.72. The first-order chi connectivity index (χ1) is 14.6. The molecular weight excluding hydrogens is 374 g/mol. The van der Waals surface area contributed by atoms with Gasteiger partial charge in [-0.2, -0.15) is 5.10 Å². The van der Waals surface area contributed by atoms with Gasteiger partial charge in [-0.1, -0.05) is 18.2 Å². The molecule has 0 aliphatic heterocycles. The van der Waals surface area contributed by atoms with E-state index in [9.17, 15) is 0 Å². The Balaban J connectivity index is 1.54. The third-order valence-corrected chi connectivity index (χ3v) is 6.07. The SMILES string of the molecule is CCOc1cc(CNC2CCCc3c2cnn3-c2cccc(C)c2C)ccc1OC. The molecule has 0 saturated carbocycles. The number of nitrogens with zero attached hydrogens (tertiary/aromatic N) is 2. The molecule has 4 rings (SSSR count). The number of hydrogen-bond acceptors (Lipinski definition) is 4. The highest BCUT2D eigenvalue weighted by atomic mass is 16.5. The fourth-order valence-corrected chi connectivity index (χ4v) is 4.28. The van der Waals surface area contributed by atoms with Crippen molar-refractivity contribution in [1.82, 2.24) is 15.1 Å². The largest absolute Gasteiger partial charge is 0.493 e. The normalized spacial score (nSPS) is 15.7. The summed E-state index contributed by atoms with van der Waals surface area (Å²) in [6, 6.07) is 12.9. The van der Waals surface area contributed by atoms with Crippen LogP contribution in [0.25, 0.3) is 5.69 Å². The van der Waals surface area contributed by atoms with E-state index in [-0.39, 0.29) is 0 Å². The van der Waals surface area contributed by atoms with E-state index >= 15 is 0 Å². The van der Waals surface area contributed by atoms with Crippen molar-refractivity contribution in [1.29, 1.82) is 0 Å². The molecule has 1 aromatic heterocycles. The van der Waals surface area contributed by atoms with Gasteiger partial charge < -0.3 is 14.8 Å². The highest BCUT2D eigenvalue weighted by molar-refractivity contribution is 5.47. The summed E-state index contributed by atoms with van der Waals surface area (Å²) in [6.45, 7) is 7.72. The zero-order chi connectivity index (χ0) is 21.1. The summed E-state index contributed by atoms with van der Waals surface area (Å²) in [7, 11) is 1.67. The van der Waals surface area contributed by atoms with Crippen molar-refractivity contribution in [3.05, 3.63) is 70.5 Å². The molecule has 0 amide bonds. The summed E-state index contributed by atoms with van der Waals surface area (Å²) in [6.07, 6.45) is 5.40. The second-order valence-electron chi connectivity index (χ2n) is 7.92. The van der Waals surface area contributed by atoms with Crippen LogP contribution in [0.5, 0.6) is 11.5 Å². The van der Waals surface area contributed by atoms with Gasteiger partial charge in [-0.25, -0.2) is 4.68 Å². The van der Waals surface area contributed by atoms with E-state index in [1.807, 2.05) is 19.2 Å². The number of hydrogen-bond donors (Lipinski definition) is 1. The van der Waals surface area contributed by atoms with Gasteiger partial charge in [0.1, 0.15) is 0 Å². The van der Waals surface area contributed by atoms with Gasteiger partial charge in [0.2, 0.25) is 0 Å². The van der Waals surface area contributed by atoms with Crippen LogP contribution >= 0.6 is 0 Å². The summed E-state index contributed by atoms with van der Waals surface area (Å²) in [5.74, 6) is 1.57. The number of rotatable bonds is 7. The van der Waals surface area contributed by atoms with Gasteiger partial charge in [-0.3, -0.25) is 0 Å². The van der Waals surface area contributed by atoms with E-state index in [2.05, 4.69) is 54.2 Å². The second kappa shape index (κ2) is 8.92. The Labute approximate surface area is 179 Å². The maximum Gasteiger partial charge on any atom is 0.161 e. The molecule has 5 nitrogen and oxygen atoms in total. The van der Waals surface area contributed by atoms with Gasteiger partial charge in [0.05, 0.1) is 25.6 Å². The minimum absolute atomic E-state index is 0.310. The van der Waals surface area contributed by atoms with Crippen LogP contribution in [0.4, 0.5) is 0 Å². The number of benzene rings is 2. The fourth-order valence-electron chi connectivity index (χ4n) is 4.28. The Morgan fingerprint density at radius 2 is 2.03 bits per heavy atom. The monoisotopic (exact) mass is 405 g/mol. The van der Waals surface area contributed by atoms with E-state index in [1.165, 1.54) is 33.6 Å². The van der Waals surface area contributed by atoms with Crippen LogP contribution in [0, 0.1) is 13.8 Å². The van der Waals surface area contributed by atoms with Gasteiger partial charge in [-0.05, 0) is 74.9 Å². The molecule has 3 aromatic rings. The molecule has 30 heavy (non-hydrogen) atoms. The van der Waals surface area contributed by atoms with Crippen molar-refractivity contribution < 1.29 is 9.47 Å². The minimum Gasteiger partial charge on any atom is -0.493 e. The smallest absolute Gasteiger partial charge is 0.161 e. The molecule has 1 N–H and O–H groups in total. The second-order valence-corrected chi connectivity index (χ2v) is 7.92. The Morgan fingerprint density at radius 3 is 2.83 bits per heavy atom. The van der Waals surface area contributed by atoms with E-state index in [4.69, 9.17) is 14.6 Å². The summed E-state index contributed by atoms with van der Waals surface area (Å²) >= 11 is 0. The molecule has 1 unspecified atom stereocenters. The molecule has 0 spiro atoms. The molecule has 5 heteroatoms. The number of aromatic nitrogens is 2. The molecular formula is C25H31N3O2. The van der Waals surface area contributed by atoms with Gasteiger partial charge in [-0.15, -0.1) is 0 Å². The maximum atomic E-state index is 5.72. The average molecular weight is 406 g/mol. The van der Waals surface area contributed by atoms with Gasteiger partial charge >= 0.3 is 0 Å². The lowest BCUT2D eigenvalue weighted by atomic mass is 9.92. The highest BCUT2D eigenvalue weighted by Crippen LogP contribution is 2.33. The lowest BCUT2D eigenvalue weighted by Gasteiger charge is -2.25. The summed E-state index contributed by atoms with van der Waals surface area (Å²) < 4.78 is 13.3. The van der Waals surface area contributed by atoms with Gasteiger partial charge in [0.25, 0.3) is 0 Å². The number of methoxy groups -OCH3 is 1. The molecule has 1 aliphatic carbocycles. The van der Waals surface area contributed by atoms with Crippen LogP contribution in [-0.2, 0) is 13.0 Å². The van der Waals surface area contributed by atoms with Crippen LogP contribution in [0.15, 0.2) is 42.6 Å². The molecule has 0 fully saturated rings. The number of fused-ring (bicyclic) bond motifs is 1. The van der Waals surface area contributed by atoms with Crippen molar-refractivity contribution in [2.24, 2.45) is 0 Å².